The van der Waals surface area contributed by atoms with E-state index in [-0.39, 0.29) is 30.3 Å². The van der Waals surface area contributed by atoms with Gasteiger partial charge in [-0.3, -0.25) is 9.59 Å². The van der Waals surface area contributed by atoms with E-state index < -0.39 is 6.04 Å². The van der Waals surface area contributed by atoms with Crippen molar-refractivity contribution in [3.8, 4) is 11.5 Å². The highest BCUT2D eigenvalue weighted by Crippen LogP contribution is 2.35. The lowest BCUT2D eigenvalue weighted by atomic mass is 9.96. The molecule has 0 N–H and O–H groups in total. The van der Waals surface area contributed by atoms with Gasteiger partial charge in [0.25, 0.3) is 0 Å². The number of methoxy groups -OCH3 is 1. The maximum Gasteiger partial charge on any atom is 0.231 e. The molecule has 1 heterocycles. The Morgan fingerprint density at radius 2 is 1.97 bits per heavy atom. The summed E-state index contributed by atoms with van der Waals surface area (Å²) < 4.78 is 24.9. The number of rotatable bonds is 6. The van der Waals surface area contributed by atoms with E-state index in [2.05, 4.69) is 15.9 Å². The molecule has 2 aromatic rings. The number of carbonyl (C=O) groups is 2. The molecule has 0 saturated carbocycles. The second kappa shape index (κ2) is 9.22. The molecule has 0 aromatic heterocycles. The van der Waals surface area contributed by atoms with Gasteiger partial charge in [0, 0.05) is 17.1 Å². The first-order valence-corrected chi connectivity index (χ1v) is 9.99. The molecule has 1 atom stereocenters. The van der Waals surface area contributed by atoms with Crippen LogP contribution in [0.15, 0.2) is 53.1 Å². The summed E-state index contributed by atoms with van der Waals surface area (Å²) in [7, 11) is 1.55. The lowest BCUT2D eigenvalue weighted by Crippen LogP contribution is -2.35. The summed E-state index contributed by atoms with van der Waals surface area (Å²) in [6.45, 7) is 2.34. The first-order chi connectivity index (χ1) is 13.9. The average molecular weight is 462 g/mol. The standard InChI is InChI=1S/C22H21BrFNO4/c1-3-29-21-10-15(18(23)13-20(21)28-2)11-22(27)25-9-8-17(26)12-19(25)14-4-6-16(24)7-5-14/h4-10,13,19H,3,11-12H2,1-2H3/t19-/m0/s1. The highest BCUT2D eigenvalue weighted by molar-refractivity contribution is 9.10. The Morgan fingerprint density at radius 3 is 2.62 bits per heavy atom. The van der Waals surface area contributed by atoms with Crippen LogP contribution in [0.25, 0.3) is 0 Å². The Morgan fingerprint density at radius 1 is 1.24 bits per heavy atom. The Kier molecular flexibility index (Phi) is 6.69. The second-order valence-corrected chi connectivity index (χ2v) is 7.41. The number of carbonyl (C=O) groups excluding carboxylic acids is 2. The minimum absolute atomic E-state index is 0.0763. The van der Waals surface area contributed by atoms with Crippen LogP contribution in [-0.2, 0) is 16.0 Å². The Balaban J connectivity index is 1.88. The van der Waals surface area contributed by atoms with Crippen molar-refractivity contribution in [2.75, 3.05) is 13.7 Å². The van der Waals surface area contributed by atoms with Gasteiger partial charge in [0.05, 0.1) is 26.2 Å². The van der Waals surface area contributed by atoms with Crippen molar-refractivity contribution < 1.29 is 23.5 Å². The first-order valence-electron chi connectivity index (χ1n) is 9.19. The van der Waals surface area contributed by atoms with E-state index >= 15 is 0 Å². The van der Waals surface area contributed by atoms with Crippen LogP contribution in [0.5, 0.6) is 11.5 Å². The number of hydrogen-bond acceptors (Lipinski definition) is 4. The Hall–Kier alpha value is -2.67. The van der Waals surface area contributed by atoms with Crippen LogP contribution in [0.3, 0.4) is 0 Å². The van der Waals surface area contributed by atoms with E-state index in [4.69, 9.17) is 9.47 Å². The molecular formula is C22H21BrFNO4. The molecule has 5 nitrogen and oxygen atoms in total. The number of nitrogens with zero attached hydrogens (tertiary/aromatic N) is 1. The number of ether oxygens (including phenoxy) is 2. The predicted octanol–water partition coefficient (Wildman–Crippen LogP) is 4.59. The minimum atomic E-state index is -0.469. The first kappa shape index (κ1) is 21.0. The third-order valence-electron chi connectivity index (χ3n) is 4.67. The van der Waals surface area contributed by atoms with Gasteiger partial charge in [-0.15, -0.1) is 0 Å². The normalized spacial score (nSPS) is 16.1. The van der Waals surface area contributed by atoms with Gasteiger partial charge in [-0.1, -0.05) is 28.1 Å². The van der Waals surface area contributed by atoms with Gasteiger partial charge in [0.15, 0.2) is 17.3 Å². The van der Waals surface area contributed by atoms with Gasteiger partial charge in [0.1, 0.15) is 5.82 Å². The van der Waals surface area contributed by atoms with Crippen LogP contribution in [0.2, 0.25) is 0 Å². The molecule has 3 rings (SSSR count). The van der Waals surface area contributed by atoms with Crippen LogP contribution in [-0.4, -0.2) is 30.3 Å². The van der Waals surface area contributed by atoms with E-state index in [1.807, 2.05) is 6.92 Å². The molecule has 0 aliphatic carbocycles. The van der Waals surface area contributed by atoms with Gasteiger partial charge in [0.2, 0.25) is 5.91 Å². The maximum absolute atomic E-state index is 13.3. The summed E-state index contributed by atoms with van der Waals surface area (Å²) in [6, 6.07) is 8.93. The fourth-order valence-electron chi connectivity index (χ4n) is 3.24. The molecule has 0 fully saturated rings. The van der Waals surface area contributed by atoms with Crippen LogP contribution in [0, 0.1) is 5.82 Å². The molecule has 1 amide bonds. The number of halogens is 2. The topological polar surface area (TPSA) is 55.8 Å². The van der Waals surface area contributed by atoms with Crippen LogP contribution in [0.1, 0.15) is 30.5 Å². The quantitative estimate of drug-likeness (QED) is 0.630. The zero-order chi connectivity index (χ0) is 21.0. The van der Waals surface area contributed by atoms with Crippen molar-refractivity contribution in [3.05, 3.63) is 70.1 Å². The van der Waals surface area contributed by atoms with Gasteiger partial charge in [-0.05, 0) is 48.4 Å². The number of benzene rings is 2. The number of allylic oxidation sites excluding steroid dienone is 1. The molecule has 152 valence electrons. The molecule has 2 aromatic carbocycles. The molecule has 29 heavy (non-hydrogen) atoms. The lowest BCUT2D eigenvalue weighted by Gasteiger charge is -2.31. The molecule has 0 radical (unpaired) electrons. The molecule has 0 saturated heterocycles. The predicted molar refractivity (Wildman–Crippen MR) is 110 cm³/mol. The van der Waals surface area contributed by atoms with Crippen LogP contribution in [0.4, 0.5) is 4.39 Å². The summed E-state index contributed by atoms with van der Waals surface area (Å²) >= 11 is 3.48. The molecule has 0 unspecified atom stereocenters. The second-order valence-electron chi connectivity index (χ2n) is 6.56. The van der Waals surface area contributed by atoms with Crippen molar-refractivity contribution in [2.45, 2.75) is 25.8 Å². The van der Waals surface area contributed by atoms with Crippen LogP contribution >= 0.6 is 15.9 Å². The van der Waals surface area contributed by atoms with Crippen molar-refractivity contribution in [1.29, 1.82) is 0 Å². The fraction of sp³-hybridized carbons (Fsp3) is 0.273. The fourth-order valence-corrected chi connectivity index (χ4v) is 3.70. The highest BCUT2D eigenvalue weighted by atomic mass is 79.9. The zero-order valence-electron chi connectivity index (χ0n) is 16.2. The van der Waals surface area contributed by atoms with E-state index in [9.17, 15) is 14.0 Å². The summed E-state index contributed by atoms with van der Waals surface area (Å²) in [5.74, 6) is 0.502. The van der Waals surface area contributed by atoms with Crippen molar-refractivity contribution in [1.82, 2.24) is 4.90 Å². The van der Waals surface area contributed by atoms with E-state index in [1.54, 1.807) is 31.4 Å². The molecule has 0 bridgehead atoms. The third kappa shape index (κ3) is 4.85. The summed E-state index contributed by atoms with van der Waals surface area (Å²) in [6.07, 6.45) is 3.15. The molecular weight excluding hydrogens is 441 g/mol. The van der Waals surface area contributed by atoms with Crippen molar-refractivity contribution >= 4 is 27.6 Å². The minimum Gasteiger partial charge on any atom is -0.493 e. The monoisotopic (exact) mass is 461 g/mol. The average Bonchev–Trinajstić information content (AvgIpc) is 2.70. The van der Waals surface area contributed by atoms with E-state index in [0.717, 1.165) is 10.0 Å². The van der Waals surface area contributed by atoms with Gasteiger partial charge in [-0.2, -0.15) is 0 Å². The van der Waals surface area contributed by atoms with Gasteiger partial charge in [-0.25, -0.2) is 4.39 Å². The zero-order valence-corrected chi connectivity index (χ0v) is 17.7. The lowest BCUT2D eigenvalue weighted by molar-refractivity contribution is -0.131. The number of hydrogen-bond donors (Lipinski definition) is 0. The molecule has 7 heteroatoms. The Bertz CT molecular complexity index is 943. The molecule has 0 spiro atoms. The van der Waals surface area contributed by atoms with Gasteiger partial charge >= 0.3 is 0 Å². The molecule has 1 aliphatic heterocycles. The SMILES string of the molecule is CCOc1cc(CC(=O)N2C=CC(=O)C[C@H]2c2ccc(F)cc2)c(Br)cc1OC. The largest absolute Gasteiger partial charge is 0.493 e. The summed E-state index contributed by atoms with van der Waals surface area (Å²) in [5, 5.41) is 0. The number of ketones is 1. The smallest absolute Gasteiger partial charge is 0.231 e. The third-order valence-corrected chi connectivity index (χ3v) is 5.41. The Labute approximate surface area is 177 Å². The highest BCUT2D eigenvalue weighted by Gasteiger charge is 2.29. The summed E-state index contributed by atoms with van der Waals surface area (Å²) in [4.78, 5) is 26.6. The van der Waals surface area contributed by atoms with E-state index in [0.29, 0.717) is 23.7 Å². The van der Waals surface area contributed by atoms with Gasteiger partial charge < -0.3 is 14.4 Å². The van der Waals surface area contributed by atoms with Crippen LogP contribution < -0.4 is 9.47 Å². The summed E-state index contributed by atoms with van der Waals surface area (Å²) in [5.41, 5.74) is 1.45. The van der Waals surface area contributed by atoms with Crippen molar-refractivity contribution in [2.24, 2.45) is 0 Å². The number of amides is 1. The van der Waals surface area contributed by atoms with E-state index in [1.165, 1.54) is 29.3 Å². The molecule has 1 aliphatic rings. The van der Waals surface area contributed by atoms with Crippen molar-refractivity contribution in [3.63, 3.8) is 0 Å². The maximum atomic E-state index is 13.3.